The number of imidazole rings is 1. The molecule has 1 aliphatic heterocycles. The Morgan fingerprint density at radius 3 is 3.19 bits per heavy atom. The first-order valence-electron chi connectivity index (χ1n) is 5.64. The molecule has 0 radical (unpaired) electrons. The van der Waals surface area contributed by atoms with Gasteiger partial charge in [0.15, 0.2) is 0 Å². The van der Waals surface area contributed by atoms with Gasteiger partial charge >= 0.3 is 0 Å². The zero-order valence-electron chi connectivity index (χ0n) is 9.59. The minimum atomic E-state index is -0.374. The number of nitrogens with zero attached hydrogens (tertiary/aromatic N) is 2. The molecule has 1 fully saturated rings. The molecule has 3 N–H and O–H groups in total. The van der Waals surface area contributed by atoms with E-state index in [1.807, 2.05) is 4.57 Å². The molecule has 1 aliphatic rings. The minimum absolute atomic E-state index is 0.0668. The lowest BCUT2D eigenvalue weighted by molar-refractivity contribution is 0.00748. The van der Waals surface area contributed by atoms with Gasteiger partial charge in [0, 0.05) is 12.8 Å². The highest BCUT2D eigenvalue weighted by molar-refractivity contribution is 5.09. The molecule has 16 heavy (non-hydrogen) atoms. The monoisotopic (exact) mass is 225 g/mol. The lowest BCUT2D eigenvalue weighted by Crippen LogP contribution is -2.40. The van der Waals surface area contributed by atoms with Gasteiger partial charge < -0.3 is 20.1 Å². The summed E-state index contributed by atoms with van der Waals surface area (Å²) in [5.41, 5.74) is 6.64. The molecule has 1 saturated heterocycles. The molecule has 1 aromatic rings. The van der Waals surface area contributed by atoms with Crippen LogP contribution in [-0.2, 0) is 10.3 Å². The number of rotatable bonds is 3. The minimum Gasteiger partial charge on any atom is -0.394 e. The zero-order chi connectivity index (χ0) is 11.6. The van der Waals surface area contributed by atoms with Crippen molar-refractivity contribution in [1.82, 2.24) is 9.55 Å². The molecular weight excluding hydrogens is 206 g/mol. The number of aromatic nitrogens is 2. The van der Waals surface area contributed by atoms with Gasteiger partial charge in [-0.25, -0.2) is 4.98 Å². The van der Waals surface area contributed by atoms with Crippen LogP contribution in [0.3, 0.4) is 0 Å². The Kier molecular flexibility index (Phi) is 3.28. The van der Waals surface area contributed by atoms with E-state index in [2.05, 4.69) is 11.9 Å². The van der Waals surface area contributed by atoms with Crippen molar-refractivity contribution in [3.63, 3.8) is 0 Å². The molecule has 2 unspecified atom stereocenters. The summed E-state index contributed by atoms with van der Waals surface area (Å²) in [6.45, 7) is 3.57. The Balaban J connectivity index is 2.28. The fourth-order valence-corrected chi connectivity index (χ4v) is 2.23. The van der Waals surface area contributed by atoms with Gasteiger partial charge in [-0.2, -0.15) is 0 Å². The molecule has 5 heteroatoms. The van der Waals surface area contributed by atoms with Gasteiger partial charge in [-0.15, -0.1) is 0 Å². The number of nitrogens with two attached hydrogens (primary N) is 1. The molecule has 0 aromatic carbocycles. The molecule has 90 valence electrons. The van der Waals surface area contributed by atoms with Crippen molar-refractivity contribution < 1.29 is 9.84 Å². The van der Waals surface area contributed by atoms with Crippen LogP contribution < -0.4 is 5.73 Å². The van der Waals surface area contributed by atoms with Crippen molar-refractivity contribution in [3.05, 3.63) is 18.2 Å². The maximum Gasteiger partial charge on any atom is 0.0954 e. The highest BCUT2D eigenvalue weighted by Crippen LogP contribution is 2.29. The van der Waals surface area contributed by atoms with Crippen LogP contribution in [-0.4, -0.2) is 34.5 Å². The number of hydrogen-bond donors (Lipinski definition) is 2. The van der Waals surface area contributed by atoms with Crippen molar-refractivity contribution >= 4 is 0 Å². The maximum absolute atomic E-state index is 9.12. The highest BCUT2D eigenvalue weighted by atomic mass is 16.5. The van der Waals surface area contributed by atoms with Crippen LogP contribution in [0, 0.1) is 0 Å². The zero-order valence-corrected chi connectivity index (χ0v) is 9.59. The predicted octanol–water partition coefficient (Wildman–Crippen LogP) is 0.401. The lowest BCUT2D eigenvalue weighted by atomic mass is 9.94. The Morgan fingerprint density at radius 2 is 2.56 bits per heavy atom. The molecule has 2 atom stereocenters. The fraction of sp³-hybridized carbons (Fsp3) is 0.727. The SMILES string of the molecule is CC1(n2cncc2C(N)CO)CCCOC1. The topological polar surface area (TPSA) is 73.3 Å². The summed E-state index contributed by atoms with van der Waals surface area (Å²) >= 11 is 0. The lowest BCUT2D eigenvalue weighted by Gasteiger charge is -2.36. The van der Waals surface area contributed by atoms with Crippen LogP contribution in [0.15, 0.2) is 12.5 Å². The molecule has 0 spiro atoms. The summed E-state index contributed by atoms with van der Waals surface area (Å²) in [7, 11) is 0. The second-order valence-electron chi connectivity index (χ2n) is 4.63. The second kappa shape index (κ2) is 4.53. The smallest absolute Gasteiger partial charge is 0.0954 e. The Bertz CT molecular complexity index is 345. The number of aliphatic hydroxyl groups excluding tert-OH is 1. The van der Waals surface area contributed by atoms with Gasteiger partial charge in [-0.3, -0.25) is 0 Å². The van der Waals surface area contributed by atoms with Crippen LogP contribution >= 0.6 is 0 Å². The van der Waals surface area contributed by atoms with Crippen LogP contribution in [0.5, 0.6) is 0 Å². The van der Waals surface area contributed by atoms with E-state index >= 15 is 0 Å². The van der Waals surface area contributed by atoms with Crippen LogP contribution in [0.2, 0.25) is 0 Å². The molecule has 1 aromatic heterocycles. The van der Waals surface area contributed by atoms with Gasteiger partial charge in [0.1, 0.15) is 0 Å². The molecule has 5 nitrogen and oxygen atoms in total. The van der Waals surface area contributed by atoms with E-state index in [1.165, 1.54) is 0 Å². The van der Waals surface area contributed by atoms with E-state index in [1.54, 1.807) is 12.5 Å². The first-order chi connectivity index (χ1) is 7.67. The Morgan fingerprint density at radius 1 is 1.75 bits per heavy atom. The van der Waals surface area contributed by atoms with Gasteiger partial charge in [0.05, 0.1) is 36.8 Å². The molecule has 0 saturated carbocycles. The third-order valence-electron chi connectivity index (χ3n) is 3.24. The average molecular weight is 225 g/mol. The number of ether oxygens (including phenoxy) is 1. The van der Waals surface area contributed by atoms with Crippen molar-refractivity contribution in [2.45, 2.75) is 31.3 Å². The normalized spacial score (nSPS) is 27.9. The van der Waals surface area contributed by atoms with Gasteiger partial charge in [-0.05, 0) is 19.8 Å². The molecular formula is C11H19N3O2. The second-order valence-corrected chi connectivity index (χ2v) is 4.63. The Labute approximate surface area is 95.2 Å². The van der Waals surface area contributed by atoms with E-state index < -0.39 is 0 Å². The number of aliphatic hydroxyl groups is 1. The van der Waals surface area contributed by atoms with E-state index in [0.29, 0.717) is 6.61 Å². The largest absolute Gasteiger partial charge is 0.394 e. The van der Waals surface area contributed by atoms with Crippen molar-refractivity contribution in [3.8, 4) is 0 Å². The third kappa shape index (κ3) is 1.98. The molecule has 0 amide bonds. The molecule has 0 aliphatic carbocycles. The van der Waals surface area contributed by atoms with Gasteiger partial charge in [-0.1, -0.05) is 0 Å². The summed E-state index contributed by atoms with van der Waals surface area (Å²) in [4.78, 5) is 4.13. The first kappa shape index (κ1) is 11.6. The highest BCUT2D eigenvalue weighted by Gasteiger charge is 2.31. The van der Waals surface area contributed by atoms with Crippen LogP contribution in [0.4, 0.5) is 0 Å². The van der Waals surface area contributed by atoms with E-state index in [0.717, 1.165) is 25.1 Å². The van der Waals surface area contributed by atoms with Crippen LogP contribution in [0.1, 0.15) is 31.5 Å². The Hall–Kier alpha value is -0.910. The molecule has 2 rings (SSSR count). The van der Waals surface area contributed by atoms with Crippen molar-refractivity contribution in [2.75, 3.05) is 19.8 Å². The third-order valence-corrected chi connectivity index (χ3v) is 3.24. The standard InChI is InChI=1S/C11H19N3O2/c1-11(3-2-4-16-7-11)14-8-13-5-10(14)9(12)6-15/h5,8-9,15H,2-4,6-7,12H2,1H3. The average Bonchev–Trinajstić information content (AvgIpc) is 2.78. The molecule has 0 bridgehead atoms. The van der Waals surface area contributed by atoms with Gasteiger partial charge in [0.25, 0.3) is 0 Å². The van der Waals surface area contributed by atoms with E-state index in [9.17, 15) is 0 Å². The van der Waals surface area contributed by atoms with Crippen molar-refractivity contribution in [2.24, 2.45) is 5.73 Å². The van der Waals surface area contributed by atoms with E-state index in [-0.39, 0.29) is 18.2 Å². The van der Waals surface area contributed by atoms with Crippen molar-refractivity contribution in [1.29, 1.82) is 0 Å². The van der Waals surface area contributed by atoms with Gasteiger partial charge in [0.2, 0.25) is 0 Å². The molecule has 2 heterocycles. The maximum atomic E-state index is 9.12. The summed E-state index contributed by atoms with van der Waals surface area (Å²) in [6, 6.07) is -0.374. The first-order valence-corrected chi connectivity index (χ1v) is 5.64. The summed E-state index contributed by atoms with van der Waals surface area (Å²) in [5.74, 6) is 0. The number of hydrogen-bond acceptors (Lipinski definition) is 4. The summed E-state index contributed by atoms with van der Waals surface area (Å²) in [5, 5.41) is 9.12. The fourth-order valence-electron chi connectivity index (χ4n) is 2.23. The quantitative estimate of drug-likeness (QED) is 0.781. The summed E-state index contributed by atoms with van der Waals surface area (Å²) in [6.07, 6.45) is 5.59. The predicted molar refractivity (Wildman–Crippen MR) is 59.9 cm³/mol. The van der Waals surface area contributed by atoms with Crippen LogP contribution in [0.25, 0.3) is 0 Å². The summed E-state index contributed by atoms with van der Waals surface area (Å²) < 4.78 is 7.57. The van der Waals surface area contributed by atoms with E-state index in [4.69, 9.17) is 15.6 Å².